The Kier molecular flexibility index (Phi) is 5.24. The van der Waals surface area contributed by atoms with Gasteiger partial charge in [0.2, 0.25) is 0 Å². The number of carbonyl (C=O) groups excluding carboxylic acids is 1. The molecular formula is C24H19N7O. The Morgan fingerprint density at radius 1 is 0.875 bits per heavy atom. The molecule has 4 aromatic heterocycles. The molecular weight excluding hydrogens is 402 g/mol. The first-order chi connectivity index (χ1) is 15.8. The molecule has 0 radical (unpaired) electrons. The third-order valence-corrected chi connectivity index (χ3v) is 4.89. The molecule has 0 aliphatic rings. The molecule has 5 aromatic rings. The number of aromatic nitrogens is 6. The summed E-state index contributed by atoms with van der Waals surface area (Å²) in [7, 11) is 0. The van der Waals surface area contributed by atoms with Crippen molar-refractivity contribution in [2.45, 2.75) is 6.54 Å². The van der Waals surface area contributed by atoms with Crippen molar-refractivity contribution >= 4 is 11.7 Å². The summed E-state index contributed by atoms with van der Waals surface area (Å²) in [5.41, 5.74) is 3.68. The van der Waals surface area contributed by atoms with Crippen LogP contribution in [0, 0.1) is 0 Å². The highest BCUT2D eigenvalue weighted by Gasteiger charge is 2.19. The fraction of sp³-hybridized carbons (Fsp3) is 0.0417. The van der Waals surface area contributed by atoms with Crippen molar-refractivity contribution in [1.82, 2.24) is 29.5 Å². The van der Waals surface area contributed by atoms with Crippen molar-refractivity contribution in [1.29, 1.82) is 0 Å². The largest absolute Gasteiger partial charge is 0.305 e. The third kappa shape index (κ3) is 4.15. The lowest BCUT2D eigenvalue weighted by atomic mass is 10.1. The van der Waals surface area contributed by atoms with Gasteiger partial charge in [-0.2, -0.15) is 10.2 Å². The second-order valence-corrected chi connectivity index (χ2v) is 7.12. The summed E-state index contributed by atoms with van der Waals surface area (Å²) in [6.45, 7) is 0.589. The van der Waals surface area contributed by atoms with Gasteiger partial charge in [0.05, 0.1) is 17.8 Å². The average Bonchev–Trinajstić information content (AvgIpc) is 3.48. The number of anilines is 1. The first-order valence-electron chi connectivity index (χ1n) is 10.1. The van der Waals surface area contributed by atoms with Gasteiger partial charge in [-0.15, -0.1) is 0 Å². The van der Waals surface area contributed by atoms with Gasteiger partial charge in [0.1, 0.15) is 5.69 Å². The van der Waals surface area contributed by atoms with E-state index in [4.69, 9.17) is 0 Å². The van der Waals surface area contributed by atoms with E-state index in [1.807, 2.05) is 60.8 Å². The Morgan fingerprint density at radius 2 is 1.72 bits per heavy atom. The molecule has 0 aliphatic heterocycles. The summed E-state index contributed by atoms with van der Waals surface area (Å²) in [6, 6.07) is 19.0. The Morgan fingerprint density at radius 3 is 2.50 bits per heavy atom. The van der Waals surface area contributed by atoms with Crippen LogP contribution in [0.15, 0.2) is 97.8 Å². The summed E-state index contributed by atoms with van der Waals surface area (Å²) < 4.78 is 3.46. The van der Waals surface area contributed by atoms with E-state index in [0.29, 0.717) is 23.6 Å². The van der Waals surface area contributed by atoms with Crippen LogP contribution in [0.25, 0.3) is 16.9 Å². The maximum Gasteiger partial charge on any atom is 0.260 e. The van der Waals surface area contributed by atoms with Crippen LogP contribution in [0.3, 0.4) is 0 Å². The zero-order valence-electron chi connectivity index (χ0n) is 17.0. The van der Waals surface area contributed by atoms with Crippen LogP contribution in [0.2, 0.25) is 0 Å². The molecule has 0 atom stereocenters. The van der Waals surface area contributed by atoms with Gasteiger partial charge in [0.15, 0.2) is 5.82 Å². The summed E-state index contributed by atoms with van der Waals surface area (Å²) in [4.78, 5) is 21.4. The molecule has 0 saturated heterocycles. The van der Waals surface area contributed by atoms with Gasteiger partial charge < -0.3 is 5.32 Å². The highest BCUT2D eigenvalue weighted by molar-refractivity contribution is 6.07. The van der Waals surface area contributed by atoms with Crippen LogP contribution >= 0.6 is 0 Å². The third-order valence-electron chi connectivity index (χ3n) is 4.89. The van der Waals surface area contributed by atoms with Gasteiger partial charge in [-0.25, -0.2) is 4.68 Å². The molecule has 0 fully saturated rings. The molecule has 5 rings (SSSR count). The van der Waals surface area contributed by atoms with Crippen molar-refractivity contribution in [2.75, 3.05) is 5.32 Å². The van der Waals surface area contributed by atoms with Gasteiger partial charge >= 0.3 is 0 Å². The van der Waals surface area contributed by atoms with Crippen LogP contribution in [0.4, 0.5) is 5.82 Å². The molecule has 0 saturated carbocycles. The SMILES string of the molecule is O=C(Nc1ccn(Cc2ccncc2)n1)c1cn(-c2ccccc2)nc1-c1cccnc1. The Bertz CT molecular complexity index is 1330. The molecule has 4 heterocycles. The number of hydrogen-bond donors (Lipinski definition) is 1. The molecule has 8 heteroatoms. The minimum atomic E-state index is -0.291. The zero-order chi connectivity index (χ0) is 21.8. The predicted molar refractivity (Wildman–Crippen MR) is 120 cm³/mol. The van der Waals surface area contributed by atoms with Crippen molar-refractivity contribution in [3.05, 3.63) is 109 Å². The Balaban J connectivity index is 1.42. The standard InChI is InChI=1S/C24H19N7O/c32-24(27-22-10-14-30(28-22)16-18-8-12-25-13-9-18)21-17-31(20-6-2-1-3-7-20)29-23(21)19-5-4-11-26-15-19/h1-15,17H,16H2,(H,27,28,32). The van der Waals surface area contributed by atoms with Gasteiger partial charge in [-0.1, -0.05) is 18.2 Å². The van der Waals surface area contributed by atoms with Crippen molar-refractivity contribution in [3.8, 4) is 16.9 Å². The number of nitrogens with one attached hydrogen (secondary N) is 1. The number of carbonyl (C=O) groups is 1. The summed E-state index contributed by atoms with van der Waals surface area (Å²) in [5.74, 6) is 0.175. The van der Waals surface area contributed by atoms with E-state index in [9.17, 15) is 4.79 Å². The topological polar surface area (TPSA) is 90.5 Å². The van der Waals surface area contributed by atoms with Crippen molar-refractivity contribution in [3.63, 3.8) is 0 Å². The molecule has 0 bridgehead atoms. The monoisotopic (exact) mass is 421 g/mol. The number of nitrogens with zero attached hydrogens (tertiary/aromatic N) is 6. The molecule has 0 spiro atoms. The lowest BCUT2D eigenvalue weighted by Crippen LogP contribution is -2.13. The average molecular weight is 421 g/mol. The van der Waals surface area contributed by atoms with Gasteiger partial charge in [0.25, 0.3) is 5.91 Å². The van der Waals surface area contributed by atoms with Crippen molar-refractivity contribution in [2.24, 2.45) is 0 Å². The summed E-state index contributed by atoms with van der Waals surface area (Å²) >= 11 is 0. The quantitative estimate of drug-likeness (QED) is 0.450. The molecule has 156 valence electrons. The number of amides is 1. The predicted octanol–water partition coefficient (Wildman–Crippen LogP) is 3.83. The van der Waals surface area contributed by atoms with E-state index in [0.717, 1.165) is 16.8 Å². The maximum atomic E-state index is 13.2. The minimum absolute atomic E-state index is 0.291. The van der Waals surface area contributed by atoms with Gasteiger partial charge in [0, 0.05) is 48.8 Å². The van der Waals surface area contributed by atoms with Crippen LogP contribution in [0.1, 0.15) is 15.9 Å². The van der Waals surface area contributed by atoms with Gasteiger partial charge in [-0.05, 0) is 42.0 Å². The number of para-hydroxylation sites is 1. The highest BCUT2D eigenvalue weighted by Crippen LogP contribution is 2.24. The van der Waals surface area contributed by atoms with E-state index < -0.39 is 0 Å². The smallest absolute Gasteiger partial charge is 0.260 e. The van der Waals surface area contributed by atoms with E-state index in [2.05, 4.69) is 25.5 Å². The van der Waals surface area contributed by atoms with Crippen LogP contribution in [0.5, 0.6) is 0 Å². The van der Waals surface area contributed by atoms with Crippen molar-refractivity contribution < 1.29 is 4.79 Å². The second kappa shape index (κ2) is 8.65. The molecule has 0 unspecified atom stereocenters. The lowest BCUT2D eigenvalue weighted by Gasteiger charge is -2.03. The molecule has 1 amide bonds. The number of hydrogen-bond acceptors (Lipinski definition) is 5. The first-order valence-corrected chi connectivity index (χ1v) is 10.1. The number of rotatable bonds is 6. The van der Waals surface area contributed by atoms with Gasteiger partial charge in [-0.3, -0.25) is 19.4 Å². The fourth-order valence-electron chi connectivity index (χ4n) is 3.34. The van der Waals surface area contributed by atoms with Crippen LogP contribution in [-0.4, -0.2) is 35.4 Å². The Labute approximate surface area is 184 Å². The number of benzene rings is 1. The highest BCUT2D eigenvalue weighted by atomic mass is 16.1. The second-order valence-electron chi connectivity index (χ2n) is 7.12. The molecule has 32 heavy (non-hydrogen) atoms. The van der Waals surface area contributed by atoms with E-state index >= 15 is 0 Å². The summed E-state index contributed by atoms with van der Waals surface area (Å²) in [5, 5.41) is 12.0. The molecule has 1 N–H and O–H groups in total. The molecule has 8 nitrogen and oxygen atoms in total. The van der Waals surface area contributed by atoms with E-state index in [1.165, 1.54) is 0 Å². The molecule has 1 aromatic carbocycles. The van der Waals surface area contributed by atoms with E-state index in [1.54, 1.807) is 46.4 Å². The fourth-order valence-corrected chi connectivity index (χ4v) is 3.34. The van der Waals surface area contributed by atoms with E-state index in [-0.39, 0.29) is 5.91 Å². The zero-order valence-corrected chi connectivity index (χ0v) is 17.0. The Hall–Kier alpha value is -4.59. The lowest BCUT2D eigenvalue weighted by molar-refractivity contribution is 0.102. The normalized spacial score (nSPS) is 10.8. The number of pyridine rings is 2. The maximum absolute atomic E-state index is 13.2. The summed E-state index contributed by atoms with van der Waals surface area (Å²) in [6.07, 6.45) is 10.4. The molecule has 0 aliphatic carbocycles. The van der Waals surface area contributed by atoms with Crippen LogP contribution < -0.4 is 5.32 Å². The first kappa shape index (κ1) is 19.4. The minimum Gasteiger partial charge on any atom is -0.305 e. The van der Waals surface area contributed by atoms with Crippen LogP contribution in [-0.2, 0) is 6.54 Å².